The van der Waals surface area contributed by atoms with Gasteiger partial charge in [0.1, 0.15) is 18.4 Å². The summed E-state index contributed by atoms with van der Waals surface area (Å²) >= 11 is 0. The summed E-state index contributed by atoms with van der Waals surface area (Å²) in [5.74, 6) is -1.33. The Morgan fingerprint density at radius 2 is 1.54 bits per heavy atom. The lowest BCUT2D eigenvalue weighted by atomic mass is 10.0. The molecule has 0 unspecified atom stereocenters. The standard InChI is InChI=1S/C30H36FN3O4S/c1-21(2)32-30(36)28(18-24-11-7-6-8-12-24)33(19-25-14-16-26(31)17-15-25)29(35)20-34(39(5,37)38)27-13-9-10-22(3)23(27)4/h6-17,21,28H,18-20H2,1-5H3,(H,32,36)/t28-/m0/s1. The van der Waals surface area contributed by atoms with Crippen LogP contribution in [0.25, 0.3) is 0 Å². The smallest absolute Gasteiger partial charge is 0.244 e. The highest BCUT2D eigenvalue weighted by atomic mass is 32.2. The quantitative estimate of drug-likeness (QED) is 0.382. The fourth-order valence-electron chi connectivity index (χ4n) is 4.32. The molecule has 3 aromatic carbocycles. The summed E-state index contributed by atoms with van der Waals surface area (Å²) in [6, 6.07) is 19.1. The molecule has 0 aromatic heterocycles. The summed E-state index contributed by atoms with van der Waals surface area (Å²) in [4.78, 5) is 28.9. The normalized spacial score (nSPS) is 12.2. The van der Waals surface area contributed by atoms with Crippen LogP contribution in [0.3, 0.4) is 0 Å². The molecular weight excluding hydrogens is 517 g/mol. The van der Waals surface area contributed by atoms with E-state index in [9.17, 15) is 22.4 Å². The van der Waals surface area contributed by atoms with Gasteiger partial charge in [0.25, 0.3) is 0 Å². The largest absolute Gasteiger partial charge is 0.352 e. The van der Waals surface area contributed by atoms with E-state index in [0.29, 0.717) is 11.3 Å². The van der Waals surface area contributed by atoms with Crippen molar-refractivity contribution in [2.45, 2.75) is 52.7 Å². The van der Waals surface area contributed by atoms with Crippen LogP contribution in [0.15, 0.2) is 72.8 Å². The molecule has 1 atom stereocenters. The second kappa shape index (κ2) is 12.9. The highest BCUT2D eigenvalue weighted by molar-refractivity contribution is 7.92. The number of carbonyl (C=O) groups is 2. The molecule has 0 aliphatic carbocycles. The molecule has 0 spiro atoms. The van der Waals surface area contributed by atoms with Crippen LogP contribution in [0.1, 0.15) is 36.1 Å². The van der Waals surface area contributed by atoms with Crippen molar-refractivity contribution in [3.8, 4) is 0 Å². The molecule has 208 valence electrons. The first-order valence-corrected chi connectivity index (χ1v) is 14.6. The maximum Gasteiger partial charge on any atom is 0.244 e. The number of benzene rings is 3. The molecule has 7 nitrogen and oxygen atoms in total. The van der Waals surface area contributed by atoms with E-state index in [2.05, 4.69) is 5.32 Å². The Morgan fingerprint density at radius 3 is 2.13 bits per heavy atom. The van der Waals surface area contributed by atoms with Crippen molar-refractivity contribution in [1.29, 1.82) is 0 Å². The van der Waals surface area contributed by atoms with Crippen LogP contribution in [0.2, 0.25) is 0 Å². The fourth-order valence-corrected chi connectivity index (χ4v) is 5.22. The fraction of sp³-hybridized carbons (Fsp3) is 0.333. The third-order valence-corrected chi connectivity index (χ3v) is 7.62. The molecule has 0 fully saturated rings. The molecular formula is C30H36FN3O4S. The number of nitrogens with one attached hydrogen (secondary N) is 1. The van der Waals surface area contributed by atoms with Gasteiger partial charge in [0.2, 0.25) is 21.8 Å². The highest BCUT2D eigenvalue weighted by Crippen LogP contribution is 2.26. The van der Waals surface area contributed by atoms with E-state index in [1.165, 1.54) is 17.0 Å². The Balaban J connectivity index is 2.07. The number of nitrogens with zero attached hydrogens (tertiary/aromatic N) is 2. The minimum atomic E-state index is -3.85. The second-order valence-electron chi connectivity index (χ2n) is 10.0. The average Bonchev–Trinajstić information content (AvgIpc) is 2.87. The van der Waals surface area contributed by atoms with Crippen molar-refractivity contribution >= 4 is 27.5 Å². The average molecular weight is 554 g/mol. The molecule has 0 saturated carbocycles. The third-order valence-electron chi connectivity index (χ3n) is 6.49. The van der Waals surface area contributed by atoms with Crippen LogP contribution >= 0.6 is 0 Å². The van der Waals surface area contributed by atoms with Gasteiger partial charge in [-0.15, -0.1) is 0 Å². The van der Waals surface area contributed by atoms with Crippen molar-refractivity contribution in [3.05, 3.63) is 101 Å². The number of hydrogen-bond donors (Lipinski definition) is 1. The summed E-state index contributed by atoms with van der Waals surface area (Å²) in [6.07, 6.45) is 1.27. The number of sulfonamides is 1. The molecule has 0 bridgehead atoms. The monoisotopic (exact) mass is 553 g/mol. The minimum Gasteiger partial charge on any atom is -0.352 e. The van der Waals surface area contributed by atoms with Crippen LogP contribution < -0.4 is 9.62 Å². The van der Waals surface area contributed by atoms with Crippen LogP contribution in [-0.4, -0.2) is 50.0 Å². The summed E-state index contributed by atoms with van der Waals surface area (Å²) < 4.78 is 40.6. The molecule has 0 heterocycles. The van der Waals surface area contributed by atoms with Crippen molar-refractivity contribution < 1.29 is 22.4 Å². The molecule has 3 rings (SSSR count). The van der Waals surface area contributed by atoms with E-state index in [-0.39, 0.29) is 24.9 Å². The first-order valence-electron chi connectivity index (χ1n) is 12.8. The number of halogens is 1. The lowest BCUT2D eigenvalue weighted by Gasteiger charge is -2.34. The Kier molecular flexibility index (Phi) is 9.86. The van der Waals surface area contributed by atoms with Gasteiger partial charge in [-0.25, -0.2) is 12.8 Å². The van der Waals surface area contributed by atoms with E-state index < -0.39 is 34.3 Å². The second-order valence-corrected chi connectivity index (χ2v) is 11.9. The van der Waals surface area contributed by atoms with Crippen molar-refractivity contribution in [2.24, 2.45) is 0 Å². The molecule has 2 amide bonds. The van der Waals surface area contributed by atoms with Crippen LogP contribution in [0, 0.1) is 19.7 Å². The van der Waals surface area contributed by atoms with Gasteiger partial charge >= 0.3 is 0 Å². The first-order chi connectivity index (χ1) is 18.4. The Morgan fingerprint density at radius 1 is 0.897 bits per heavy atom. The van der Waals surface area contributed by atoms with Gasteiger partial charge in [0, 0.05) is 19.0 Å². The number of rotatable bonds is 11. The maximum atomic E-state index is 14.0. The van der Waals surface area contributed by atoms with Crippen molar-refractivity contribution in [2.75, 3.05) is 17.1 Å². The Hall–Kier alpha value is -3.72. The lowest BCUT2D eigenvalue weighted by Crippen LogP contribution is -2.54. The molecule has 39 heavy (non-hydrogen) atoms. The number of hydrogen-bond acceptors (Lipinski definition) is 4. The van der Waals surface area contributed by atoms with Gasteiger partial charge in [-0.2, -0.15) is 0 Å². The van der Waals surface area contributed by atoms with Gasteiger partial charge in [-0.1, -0.05) is 54.6 Å². The predicted octanol–water partition coefficient (Wildman–Crippen LogP) is 4.37. The summed E-state index contributed by atoms with van der Waals surface area (Å²) in [5.41, 5.74) is 3.47. The van der Waals surface area contributed by atoms with Gasteiger partial charge in [0.15, 0.2) is 0 Å². The van der Waals surface area contributed by atoms with E-state index in [4.69, 9.17) is 0 Å². The zero-order chi connectivity index (χ0) is 28.7. The minimum absolute atomic E-state index is 0.00741. The third kappa shape index (κ3) is 8.13. The number of aryl methyl sites for hydroxylation is 1. The van der Waals surface area contributed by atoms with Crippen LogP contribution in [0.4, 0.5) is 10.1 Å². The Bertz CT molecular complexity index is 1390. The summed E-state index contributed by atoms with van der Waals surface area (Å²) in [6.45, 7) is 6.83. The number of anilines is 1. The highest BCUT2D eigenvalue weighted by Gasteiger charge is 2.33. The summed E-state index contributed by atoms with van der Waals surface area (Å²) in [5, 5.41) is 2.90. The predicted molar refractivity (Wildman–Crippen MR) is 152 cm³/mol. The molecule has 0 aliphatic heterocycles. The van der Waals surface area contributed by atoms with Gasteiger partial charge in [-0.05, 0) is 68.1 Å². The lowest BCUT2D eigenvalue weighted by molar-refractivity contribution is -0.140. The zero-order valence-corrected chi connectivity index (χ0v) is 23.8. The first kappa shape index (κ1) is 29.8. The van der Waals surface area contributed by atoms with E-state index in [1.54, 1.807) is 31.2 Å². The topological polar surface area (TPSA) is 86.8 Å². The van der Waals surface area contributed by atoms with Crippen LogP contribution in [-0.2, 0) is 32.6 Å². The molecule has 0 radical (unpaired) electrons. The van der Waals surface area contributed by atoms with Crippen molar-refractivity contribution in [1.82, 2.24) is 10.2 Å². The zero-order valence-electron chi connectivity index (χ0n) is 23.0. The van der Waals surface area contributed by atoms with E-state index >= 15 is 0 Å². The number of carbonyl (C=O) groups excluding carboxylic acids is 2. The summed E-state index contributed by atoms with van der Waals surface area (Å²) in [7, 11) is -3.85. The Labute approximate surface area is 230 Å². The van der Waals surface area contributed by atoms with Crippen molar-refractivity contribution in [3.63, 3.8) is 0 Å². The molecule has 1 N–H and O–H groups in total. The van der Waals surface area contributed by atoms with Gasteiger partial charge < -0.3 is 10.2 Å². The maximum absolute atomic E-state index is 14.0. The molecule has 3 aromatic rings. The number of amides is 2. The SMILES string of the molecule is Cc1cccc(N(CC(=O)N(Cc2ccc(F)cc2)[C@@H](Cc2ccccc2)C(=O)NC(C)C)S(C)(=O)=O)c1C. The van der Waals surface area contributed by atoms with E-state index in [1.807, 2.05) is 57.2 Å². The van der Waals surface area contributed by atoms with Crippen LogP contribution in [0.5, 0.6) is 0 Å². The molecule has 0 saturated heterocycles. The van der Waals surface area contributed by atoms with Gasteiger partial charge in [-0.3, -0.25) is 13.9 Å². The molecule has 9 heteroatoms. The van der Waals surface area contributed by atoms with Gasteiger partial charge in [0.05, 0.1) is 11.9 Å². The van der Waals surface area contributed by atoms with E-state index in [0.717, 1.165) is 27.3 Å². The molecule has 0 aliphatic rings.